The molecule has 0 saturated heterocycles. The molecule has 0 saturated carbocycles. The molecule has 1 nitrogen and oxygen atoms in total. The monoisotopic (exact) mass is 292 g/mol. The highest BCUT2D eigenvalue weighted by Crippen LogP contribution is 2.15. The molecule has 3 heteroatoms. The van der Waals surface area contributed by atoms with Gasteiger partial charge in [0.1, 0.15) is 5.82 Å². The Bertz CT molecular complexity index is 551. The molecule has 0 atom stereocenters. The number of carbonyl (C=O) groups excluding carboxylic acids is 1. The molecule has 0 aliphatic rings. The number of ketones is 1. The van der Waals surface area contributed by atoms with Crippen LogP contribution in [0.25, 0.3) is 0 Å². The normalized spacial score (nSPS) is 10.2. The van der Waals surface area contributed by atoms with Crippen LogP contribution in [0.1, 0.15) is 15.9 Å². The fourth-order valence-corrected chi connectivity index (χ4v) is 2.06. The Labute approximate surface area is 107 Å². The molecule has 0 radical (unpaired) electrons. The lowest BCUT2D eigenvalue weighted by Crippen LogP contribution is -2.05. The van der Waals surface area contributed by atoms with Gasteiger partial charge in [0.25, 0.3) is 0 Å². The van der Waals surface area contributed by atoms with Gasteiger partial charge < -0.3 is 0 Å². The second-order valence-electron chi connectivity index (χ2n) is 3.71. The van der Waals surface area contributed by atoms with Crippen LogP contribution in [0.15, 0.2) is 53.0 Å². The number of hydrogen-bond donors (Lipinski definition) is 0. The molecule has 0 aliphatic carbocycles. The third kappa shape index (κ3) is 3.01. The Morgan fingerprint density at radius 2 is 1.88 bits per heavy atom. The minimum atomic E-state index is -0.465. The largest absolute Gasteiger partial charge is 0.294 e. The van der Waals surface area contributed by atoms with Gasteiger partial charge in [-0.15, -0.1) is 0 Å². The van der Waals surface area contributed by atoms with E-state index in [0.717, 1.165) is 10.0 Å². The smallest absolute Gasteiger partial charge is 0.170 e. The van der Waals surface area contributed by atoms with Crippen LogP contribution in [0.2, 0.25) is 0 Å². The summed E-state index contributed by atoms with van der Waals surface area (Å²) in [6.45, 7) is 0. The van der Waals surface area contributed by atoms with Crippen molar-refractivity contribution in [1.29, 1.82) is 0 Å². The van der Waals surface area contributed by atoms with Gasteiger partial charge >= 0.3 is 0 Å². The minimum absolute atomic E-state index is 0.146. The van der Waals surface area contributed by atoms with Crippen molar-refractivity contribution >= 4 is 21.7 Å². The lowest BCUT2D eigenvalue weighted by molar-refractivity contribution is 0.0989. The fourth-order valence-electron chi connectivity index (χ4n) is 1.61. The lowest BCUT2D eigenvalue weighted by atomic mass is 10.0. The average molecular weight is 293 g/mol. The van der Waals surface area contributed by atoms with Crippen molar-refractivity contribution in [3.05, 3.63) is 69.9 Å². The van der Waals surface area contributed by atoms with Crippen molar-refractivity contribution in [2.45, 2.75) is 6.42 Å². The van der Waals surface area contributed by atoms with Gasteiger partial charge in [0, 0.05) is 10.9 Å². The van der Waals surface area contributed by atoms with E-state index >= 15 is 0 Å². The first-order chi connectivity index (χ1) is 8.16. The predicted molar refractivity (Wildman–Crippen MR) is 68.6 cm³/mol. The Hall–Kier alpha value is -1.48. The maximum atomic E-state index is 13.4. The summed E-state index contributed by atoms with van der Waals surface area (Å²) in [6.07, 6.45) is 0.209. The number of benzene rings is 2. The Morgan fingerprint density at radius 1 is 1.12 bits per heavy atom. The van der Waals surface area contributed by atoms with E-state index in [9.17, 15) is 9.18 Å². The first kappa shape index (κ1) is 12.0. The van der Waals surface area contributed by atoms with Crippen molar-refractivity contribution in [3.63, 3.8) is 0 Å². The van der Waals surface area contributed by atoms with Gasteiger partial charge in [-0.3, -0.25) is 4.79 Å². The third-order valence-electron chi connectivity index (χ3n) is 2.43. The van der Waals surface area contributed by atoms with Crippen LogP contribution in [0.5, 0.6) is 0 Å². The summed E-state index contributed by atoms with van der Waals surface area (Å²) < 4.78 is 14.3. The molecule has 0 unspecified atom stereocenters. The third-order valence-corrected chi connectivity index (χ3v) is 2.92. The van der Waals surface area contributed by atoms with Crippen LogP contribution in [0, 0.1) is 5.82 Å². The number of halogens is 2. The summed E-state index contributed by atoms with van der Waals surface area (Å²) in [6, 6.07) is 13.5. The Balaban J connectivity index is 2.20. The van der Waals surface area contributed by atoms with Crippen molar-refractivity contribution < 1.29 is 9.18 Å². The zero-order valence-electron chi connectivity index (χ0n) is 8.99. The summed E-state index contributed by atoms with van der Waals surface area (Å²) in [5.41, 5.74) is 1.01. The molecule has 2 aromatic rings. The molecule has 0 aromatic heterocycles. The van der Waals surface area contributed by atoms with Crippen LogP contribution in [0.3, 0.4) is 0 Å². The highest BCUT2D eigenvalue weighted by Gasteiger charge is 2.11. The first-order valence-electron chi connectivity index (χ1n) is 5.19. The van der Waals surface area contributed by atoms with E-state index in [1.54, 1.807) is 12.1 Å². The summed E-state index contributed by atoms with van der Waals surface area (Å²) in [7, 11) is 0. The fraction of sp³-hybridized carbons (Fsp3) is 0.0714. The number of Topliss-reactive ketones (excluding diaryl/α,β-unsaturated/α-hetero) is 1. The van der Waals surface area contributed by atoms with Crippen LogP contribution < -0.4 is 0 Å². The van der Waals surface area contributed by atoms with E-state index in [1.807, 2.05) is 24.3 Å². The van der Waals surface area contributed by atoms with E-state index in [2.05, 4.69) is 15.9 Å². The standard InChI is InChI=1S/C14H10BrFO/c15-11-5-3-4-10(8-11)9-14(17)12-6-1-2-7-13(12)16/h1-8H,9H2. The van der Waals surface area contributed by atoms with E-state index in [4.69, 9.17) is 0 Å². The molecule has 86 valence electrons. The van der Waals surface area contributed by atoms with Crippen molar-refractivity contribution in [2.24, 2.45) is 0 Å². The van der Waals surface area contributed by atoms with Gasteiger partial charge in [-0.05, 0) is 29.8 Å². The van der Waals surface area contributed by atoms with Crippen molar-refractivity contribution in [2.75, 3.05) is 0 Å². The van der Waals surface area contributed by atoms with Crippen LogP contribution in [-0.2, 0) is 6.42 Å². The topological polar surface area (TPSA) is 17.1 Å². The second kappa shape index (κ2) is 5.23. The molecule has 0 spiro atoms. The Morgan fingerprint density at radius 3 is 2.59 bits per heavy atom. The summed E-state index contributed by atoms with van der Waals surface area (Å²) >= 11 is 3.34. The van der Waals surface area contributed by atoms with Crippen LogP contribution in [0.4, 0.5) is 4.39 Å². The van der Waals surface area contributed by atoms with Gasteiger partial charge in [-0.25, -0.2) is 4.39 Å². The van der Waals surface area contributed by atoms with Crippen molar-refractivity contribution in [3.8, 4) is 0 Å². The zero-order valence-corrected chi connectivity index (χ0v) is 10.6. The molecule has 17 heavy (non-hydrogen) atoms. The first-order valence-corrected chi connectivity index (χ1v) is 5.98. The maximum Gasteiger partial charge on any atom is 0.170 e. The van der Waals surface area contributed by atoms with E-state index in [-0.39, 0.29) is 17.8 Å². The molecule has 0 heterocycles. The molecule has 0 bridgehead atoms. The summed E-state index contributed by atoms with van der Waals surface area (Å²) in [5, 5.41) is 0. The number of rotatable bonds is 3. The molecular weight excluding hydrogens is 283 g/mol. The van der Waals surface area contributed by atoms with E-state index in [0.29, 0.717) is 0 Å². The maximum absolute atomic E-state index is 13.4. The van der Waals surface area contributed by atoms with Gasteiger partial charge in [0.05, 0.1) is 5.56 Å². The molecule has 2 rings (SSSR count). The minimum Gasteiger partial charge on any atom is -0.294 e. The number of carbonyl (C=O) groups is 1. The highest BCUT2D eigenvalue weighted by molar-refractivity contribution is 9.10. The van der Waals surface area contributed by atoms with Crippen LogP contribution in [-0.4, -0.2) is 5.78 Å². The zero-order chi connectivity index (χ0) is 12.3. The molecular formula is C14H10BrFO. The van der Waals surface area contributed by atoms with Gasteiger partial charge in [-0.1, -0.05) is 40.2 Å². The predicted octanol–water partition coefficient (Wildman–Crippen LogP) is 4.01. The summed E-state index contributed by atoms with van der Waals surface area (Å²) in [4.78, 5) is 11.9. The lowest BCUT2D eigenvalue weighted by Gasteiger charge is -2.03. The molecule has 0 amide bonds. The quantitative estimate of drug-likeness (QED) is 0.781. The highest BCUT2D eigenvalue weighted by atomic mass is 79.9. The molecule has 0 N–H and O–H groups in total. The van der Waals surface area contributed by atoms with E-state index in [1.165, 1.54) is 12.1 Å². The SMILES string of the molecule is O=C(Cc1cccc(Br)c1)c1ccccc1F. The van der Waals surface area contributed by atoms with Crippen molar-refractivity contribution in [1.82, 2.24) is 0 Å². The van der Waals surface area contributed by atoms with Gasteiger partial charge in [0.2, 0.25) is 0 Å². The second-order valence-corrected chi connectivity index (χ2v) is 4.63. The molecule has 2 aromatic carbocycles. The molecule has 0 fully saturated rings. The Kier molecular flexibility index (Phi) is 3.69. The average Bonchev–Trinajstić information content (AvgIpc) is 2.29. The van der Waals surface area contributed by atoms with Gasteiger partial charge in [-0.2, -0.15) is 0 Å². The summed E-state index contributed by atoms with van der Waals surface area (Å²) in [5.74, 6) is -0.673. The van der Waals surface area contributed by atoms with Crippen LogP contribution >= 0.6 is 15.9 Å². The molecule has 0 aliphatic heterocycles. The number of hydrogen-bond acceptors (Lipinski definition) is 1. The van der Waals surface area contributed by atoms with E-state index < -0.39 is 5.82 Å². The van der Waals surface area contributed by atoms with Gasteiger partial charge in [0.15, 0.2) is 5.78 Å².